The van der Waals surface area contributed by atoms with Crippen molar-refractivity contribution in [1.82, 2.24) is 20.1 Å². The number of aromatic nitrogens is 1. The average Bonchev–Trinajstić information content (AvgIpc) is 3.20. The molecule has 0 aromatic carbocycles. The van der Waals surface area contributed by atoms with Crippen LogP contribution in [-0.4, -0.2) is 66.4 Å². The molecule has 0 saturated carbocycles. The Bertz CT molecular complexity index is 542. The molecule has 1 aliphatic rings. The fourth-order valence-corrected chi connectivity index (χ4v) is 3.22. The van der Waals surface area contributed by atoms with Gasteiger partial charge in [-0.2, -0.15) is 0 Å². The van der Waals surface area contributed by atoms with Gasteiger partial charge < -0.3 is 10.2 Å². The number of rotatable bonds is 7. The molecule has 1 atom stereocenters. The maximum Gasteiger partial charge on any atom is 0.244 e. The van der Waals surface area contributed by atoms with E-state index < -0.39 is 0 Å². The zero-order valence-electron chi connectivity index (χ0n) is 13.7. The smallest absolute Gasteiger partial charge is 0.244 e. The molecule has 0 bridgehead atoms. The zero-order valence-corrected chi connectivity index (χ0v) is 14.5. The van der Waals surface area contributed by atoms with Crippen LogP contribution < -0.4 is 5.32 Å². The summed E-state index contributed by atoms with van der Waals surface area (Å²) < 4.78 is 0. The molecule has 1 N–H and O–H groups in total. The Morgan fingerprint density at radius 1 is 1.52 bits per heavy atom. The highest BCUT2D eigenvalue weighted by atomic mass is 32.1. The second-order valence-electron chi connectivity index (χ2n) is 5.77. The third-order valence-electron chi connectivity index (χ3n) is 3.84. The molecular formula is C16H24N4O2S. The van der Waals surface area contributed by atoms with Crippen LogP contribution in [0.25, 0.3) is 6.08 Å². The first-order valence-electron chi connectivity index (χ1n) is 7.88. The van der Waals surface area contributed by atoms with E-state index in [2.05, 4.69) is 15.2 Å². The monoisotopic (exact) mass is 336 g/mol. The van der Waals surface area contributed by atoms with Crippen molar-refractivity contribution in [3.05, 3.63) is 22.7 Å². The standard InChI is InChI=1S/C16H24N4O2S/c1-19(2)16(22)13-5-3-10-20(13)11-4-8-17-14(21)6-7-15-18-9-12-23-15/h6-7,9,12-13H,3-5,8,10-11H2,1-2H3,(H,17,21)/b7-6+. The van der Waals surface area contributed by atoms with Crippen molar-refractivity contribution in [1.29, 1.82) is 0 Å². The van der Waals surface area contributed by atoms with E-state index in [9.17, 15) is 9.59 Å². The summed E-state index contributed by atoms with van der Waals surface area (Å²) in [6.45, 7) is 2.41. The molecule has 2 amide bonds. The summed E-state index contributed by atoms with van der Waals surface area (Å²) >= 11 is 1.49. The molecule has 6 nitrogen and oxygen atoms in total. The van der Waals surface area contributed by atoms with Gasteiger partial charge in [0.05, 0.1) is 6.04 Å². The van der Waals surface area contributed by atoms with Gasteiger partial charge in [-0.05, 0) is 31.9 Å². The van der Waals surface area contributed by atoms with Gasteiger partial charge in [0, 0.05) is 44.8 Å². The maximum atomic E-state index is 12.1. The van der Waals surface area contributed by atoms with Gasteiger partial charge in [-0.1, -0.05) is 0 Å². The number of nitrogens with zero attached hydrogens (tertiary/aromatic N) is 3. The summed E-state index contributed by atoms with van der Waals surface area (Å²) in [6, 6.07) is 0.00509. The van der Waals surface area contributed by atoms with Gasteiger partial charge in [-0.25, -0.2) is 4.98 Å². The van der Waals surface area contributed by atoms with Crippen LogP contribution in [0.2, 0.25) is 0 Å². The Hall–Kier alpha value is -1.73. The van der Waals surface area contributed by atoms with Crippen LogP contribution in [0.15, 0.2) is 17.7 Å². The predicted octanol–water partition coefficient (Wildman–Crippen LogP) is 1.22. The van der Waals surface area contributed by atoms with Crippen LogP contribution >= 0.6 is 11.3 Å². The van der Waals surface area contributed by atoms with Crippen molar-refractivity contribution in [2.75, 3.05) is 33.7 Å². The highest BCUT2D eigenvalue weighted by Crippen LogP contribution is 2.18. The number of likely N-dealkylation sites (tertiary alicyclic amines) is 1. The Kier molecular flexibility index (Phi) is 6.73. The van der Waals surface area contributed by atoms with Gasteiger partial charge >= 0.3 is 0 Å². The van der Waals surface area contributed by atoms with Crippen molar-refractivity contribution in [2.24, 2.45) is 0 Å². The molecule has 0 spiro atoms. The molecule has 7 heteroatoms. The first-order valence-corrected chi connectivity index (χ1v) is 8.76. The van der Waals surface area contributed by atoms with E-state index in [0.29, 0.717) is 6.54 Å². The third kappa shape index (κ3) is 5.44. The second-order valence-corrected chi connectivity index (χ2v) is 6.70. The minimum atomic E-state index is -0.109. The average molecular weight is 336 g/mol. The fourth-order valence-electron chi connectivity index (χ4n) is 2.69. The number of amides is 2. The third-order valence-corrected chi connectivity index (χ3v) is 4.58. The topological polar surface area (TPSA) is 65.5 Å². The first-order chi connectivity index (χ1) is 11.1. The lowest BCUT2D eigenvalue weighted by Crippen LogP contribution is -2.43. The summed E-state index contributed by atoms with van der Waals surface area (Å²) in [5.41, 5.74) is 0. The predicted molar refractivity (Wildman–Crippen MR) is 92.1 cm³/mol. The van der Waals surface area contributed by atoms with Crippen molar-refractivity contribution in [2.45, 2.75) is 25.3 Å². The molecule has 1 aliphatic heterocycles. The summed E-state index contributed by atoms with van der Waals surface area (Å²) in [5.74, 6) is 0.0699. The molecule has 1 saturated heterocycles. The summed E-state index contributed by atoms with van der Waals surface area (Å²) in [6.07, 6.45) is 7.77. The second kappa shape index (κ2) is 8.79. The minimum absolute atomic E-state index is 0.00509. The van der Waals surface area contributed by atoms with Crippen LogP contribution in [0.4, 0.5) is 0 Å². The lowest BCUT2D eigenvalue weighted by atomic mass is 10.2. The molecule has 126 valence electrons. The van der Waals surface area contributed by atoms with E-state index in [1.165, 1.54) is 17.4 Å². The SMILES string of the molecule is CN(C)C(=O)C1CCCN1CCCNC(=O)/C=C/c1nccs1. The normalized spacial score (nSPS) is 18.4. The highest BCUT2D eigenvalue weighted by molar-refractivity contribution is 7.10. The van der Waals surface area contributed by atoms with Crippen molar-refractivity contribution in [3.8, 4) is 0 Å². The minimum Gasteiger partial charge on any atom is -0.353 e. The molecule has 0 aliphatic carbocycles. The maximum absolute atomic E-state index is 12.1. The van der Waals surface area contributed by atoms with Gasteiger partial charge in [0.1, 0.15) is 5.01 Å². The zero-order chi connectivity index (χ0) is 16.7. The molecule has 1 aromatic heterocycles. The molecule has 1 aromatic rings. The van der Waals surface area contributed by atoms with Gasteiger partial charge in [0.15, 0.2) is 0 Å². The van der Waals surface area contributed by atoms with Crippen LogP contribution in [-0.2, 0) is 9.59 Å². The largest absolute Gasteiger partial charge is 0.353 e. The van der Waals surface area contributed by atoms with Gasteiger partial charge in [0.2, 0.25) is 11.8 Å². The molecule has 0 radical (unpaired) electrons. The van der Waals surface area contributed by atoms with E-state index >= 15 is 0 Å². The van der Waals surface area contributed by atoms with Gasteiger partial charge in [-0.15, -0.1) is 11.3 Å². The lowest BCUT2D eigenvalue weighted by molar-refractivity contribution is -0.133. The Morgan fingerprint density at radius 3 is 3.04 bits per heavy atom. The Morgan fingerprint density at radius 2 is 2.35 bits per heavy atom. The molecular weight excluding hydrogens is 312 g/mol. The van der Waals surface area contributed by atoms with Gasteiger partial charge in [-0.3, -0.25) is 14.5 Å². The summed E-state index contributed by atoms with van der Waals surface area (Å²) in [4.78, 5) is 31.8. The van der Waals surface area contributed by atoms with Crippen LogP contribution in [0.1, 0.15) is 24.3 Å². The molecule has 1 fully saturated rings. The van der Waals surface area contributed by atoms with Gasteiger partial charge in [0.25, 0.3) is 0 Å². The van der Waals surface area contributed by atoms with Crippen LogP contribution in [0, 0.1) is 0 Å². The van der Waals surface area contributed by atoms with E-state index in [-0.39, 0.29) is 17.9 Å². The lowest BCUT2D eigenvalue weighted by Gasteiger charge is -2.25. The highest BCUT2D eigenvalue weighted by Gasteiger charge is 2.30. The number of hydrogen-bond acceptors (Lipinski definition) is 5. The van der Waals surface area contributed by atoms with E-state index in [1.54, 1.807) is 31.3 Å². The quantitative estimate of drug-likeness (QED) is 0.600. The number of carbonyl (C=O) groups excluding carboxylic acids is 2. The van der Waals surface area contributed by atoms with Crippen LogP contribution in [0.5, 0.6) is 0 Å². The van der Waals surface area contributed by atoms with E-state index in [0.717, 1.165) is 37.4 Å². The van der Waals surface area contributed by atoms with Crippen molar-refractivity contribution < 1.29 is 9.59 Å². The van der Waals surface area contributed by atoms with E-state index in [4.69, 9.17) is 0 Å². The number of thiazole rings is 1. The number of carbonyl (C=O) groups is 2. The molecule has 23 heavy (non-hydrogen) atoms. The summed E-state index contributed by atoms with van der Waals surface area (Å²) in [7, 11) is 3.60. The van der Waals surface area contributed by atoms with Crippen LogP contribution in [0.3, 0.4) is 0 Å². The fraction of sp³-hybridized carbons (Fsp3) is 0.562. The molecule has 1 unspecified atom stereocenters. The van der Waals surface area contributed by atoms with E-state index in [1.807, 2.05) is 5.38 Å². The number of hydrogen-bond donors (Lipinski definition) is 1. The summed E-state index contributed by atoms with van der Waals surface area (Å²) in [5, 5.41) is 5.56. The van der Waals surface area contributed by atoms with Crippen molar-refractivity contribution in [3.63, 3.8) is 0 Å². The molecule has 2 heterocycles. The number of likely N-dealkylation sites (N-methyl/N-ethyl adjacent to an activating group) is 1. The molecule has 2 rings (SSSR count). The van der Waals surface area contributed by atoms with Crippen molar-refractivity contribution >= 4 is 29.2 Å². The first kappa shape index (κ1) is 17.6. The number of nitrogens with one attached hydrogen (secondary N) is 1. The Balaban J connectivity index is 1.66. The Labute approximate surface area is 141 Å².